The number of nitrogens with two attached hydrogens (primary N) is 1. The number of aryl methyl sites for hydroxylation is 1. The Morgan fingerprint density at radius 1 is 1.47 bits per heavy atom. The fraction of sp³-hybridized carbons (Fsp3) is 0.667. The maximum atomic E-state index is 5.73. The van der Waals surface area contributed by atoms with Crippen molar-refractivity contribution in [2.45, 2.75) is 33.2 Å². The molecule has 1 heterocycles. The van der Waals surface area contributed by atoms with Gasteiger partial charge in [-0.2, -0.15) is 0 Å². The highest BCUT2D eigenvalue weighted by molar-refractivity contribution is 5.10. The summed E-state index contributed by atoms with van der Waals surface area (Å²) in [6.45, 7) is 7.00. The lowest BCUT2D eigenvalue weighted by Crippen LogP contribution is -2.29. The number of hydrogen-bond donors (Lipinski definition) is 2. The second-order valence-corrected chi connectivity index (χ2v) is 4.86. The standard InChI is InChI=1S/C12H22N2O/c1-9-5-6-11(15-9)10(14-4)7-12(2,3)8-13/h5-6,10,14H,7-8,13H2,1-4H3. The van der Waals surface area contributed by atoms with Crippen molar-refractivity contribution in [1.82, 2.24) is 5.32 Å². The summed E-state index contributed by atoms with van der Waals surface area (Å²) >= 11 is 0. The van der Waals surface area contributed by atoms with E-state index in [1.54, 1.807) is 0 Å². The summed E-state index contributed by atoms with van der Waals surface area (Å²) < 4.78 is 5.62. The van der Waals surface area contributed by atoms with Gasteiger partial charge in [0.15, 0.2) is 0 Å². The molecule has 15 heavy (non-hydrogen) atoms. The van der Waals surface area contributed by atoms with Crippen molar-refractivity contribution < 1.29 is 4.42 Å². The van der Waals surface area contributed by atoms with Gasteiger partial charge in [-0.15, -0.1) is 0 Å². The minimum absolute atomic E-state index is 0.133. The third kappa shape index (κ3) is 3.36. The van der Waals surface area contributed by atoms with Crippen LogP contribution in [0.15, 0.2) is 16.5 Å². The van der Waals surface area contributed by atoms with Crippen molar-refractivity contribution in [2.24, 2.45) is 11.1 Å². The Balaban J connectivity index is 2.72. The molecule has 0 fully saturated rings. The summed E-state index contributed by atoms with van der Waals surface area (Å²) in [5.74, 6) is 1.95. The van der Waals surface area contributed by atoms with E-state index in [1.807, 2.05) is 26.1 Å². The van der Waals surface area contributed by atoms with Crippen LogP contribution < -0.4 is 11.1 Å². The highest BCUT2D eigenvalue weighted by atomic mass is 16.3. The van der Waals surface area contributed by atoms with Crippen molar-refractivity contribution in [1.29, 1.82) is 0 Å². The van der Waals surface area contributed by atoms with Gasteiger partial charge in [-0.1, -0.05) is 13.8 Å². The average molecular weight is 210 g/mol. The zero-order valence-corrected chi connectivity index (χ0v) is 10.1. The molecule has 0 aromatic carbocycles. The van der Waals surface area contributed by atoms with E-state index in [2.05, 4.69) is 19.2 Å². The topological polar surface area (TPSA) is 51.2 Å². The van der Waals surface area contributed by atoms with Crippen LogP contribution in [0, 0.1) is 12.3 Å². The predicted octanol–water partition coefficient (Wildman–Crippen LogP) is 2.22. The summed E-state index contributed by atoms with van der Waals surface area (Å²) in [7, 11) is 1.95. The van der Waals surface area contributed by atoms with E-state index in [0.29, 0.717) is 6.54 Å². The summed E-state index contributed by atoms with van der Waals surface area (Å²) in [5.41, 5.74) is 5.87. The molecule has 1 atom stereocenters. The molecule has 86 valence electrons. The van der Waals surface area contributed by atoms with Crippen LogP contribution in [0.3, 0.4) is 0 Å². The van der Waals surface area contributed by atoms with Gasteiger partial charge in [0.05, 0.1) is 6.04 Å². The lowest BCUT2D eigenvalue weighted by molar-refractivity contribution is 0.274. The molecule has 0 spiro atoms. The van der Waals surface area contributed by atoms with E-state index in [9.17, 15) is 0 Å². The molecule has 0 aliphatic heterocycles. The summed E-state index contributed by atoms with van der Waals surface area (Å²) in [5, 5.41) is 3.27. The molecular formula is C12H22N2O. The first-order valence-corrected chi connectivity index (χ1v) is 5.42. The van der Waals surface area contributed by atoms with Gasteiger partial charge in [-0.05, 0) is 44.5 Å². The second kappa shape index (κ2) is 4.81. The molecule has 3 nitrogen and oxygen atoms in total. The first-order valence-electron chi connectivity index (χ1n) is 5.42. The third-order valence-electron chi connectivity index (χ3n) is 2.76. The van der Waals surface area contributed by atoms with Gasteiger partial charge in [0.2, 0.25) is 0 Å². The zero-order chi connectivity index (χ0) is 11.5. The fourth-order valence-corrected chi connectivity index (χ4v) is 1.62. The minimum atomic E-state index is 0.133. The Hall–Kier alpha value is -0.800. The van der Waals surface area contributed by atoms with Gasteiger partial charge in [0, 0.05) is 0 Å². The molecule has 0 aliphatic rings. The van der Waals surface area contributed by atoms with Crippen LogP contribution in [0.5, 0.6) is 0 Å². The molecule has 1 rings (SSSR count). The number of rotatable bonds is 5. The van der Waals surface area contributed by atoms with Crippen LogP contribution >= 0.6 is 0 Å². The smallest absolute Gasteiger partial charge is 0.121 e. The highest BCUT2D eigenvalue weighted by Gasteiger charge is 2.23. The predicted molar refractivity (Wildman–Crippen MR) is 62.7 cm³/mol. The summed E-state index contributed by atoms with van der Waals surface area (Å²) in [4.78, 5) is 0. The SMILES string of the molecule is CNC(CC(C)(C)CN)c1ccc(C)o1. The molecular weight excluding hydrogens is 188 g/mol. The van der Waals surface area contributed by atoms with Crippen LogP contribution in [0.1, 0.15) is 37.8 Å². The molecule has 3 N–H and O–H groups in total. The maximum absolute atomic E-state index is 5.73. The van der Waals surface area contributed by atoms with Gasteiger partial charge in [0.25, 0.3) is 0 Å². The van der Waals surface area contributed by atoms with E-state index >= 15 is 0 Å². The van der Waals surface area contributed by atoms with Gasteiger partial charge in [0.1, 0.15) is 11.5 Å². The molecule has 0 saturated heterocycles. The second-order valence-electron chi connectivity index (χ2n) is 4.86. The first-order chi connectivity index (χ1) is 6.98. The number of nitrogens with one attached hydrogen (secondary N) is 1. The summed E-state index contributed by atoms with van der Waals surface area (Å²) in [6, 6.07) is 4.27. The fourth-order valence-electron chi connectivity index (χ4n) is 1.62. The molecule has 1 aromatic rings. The zero-order valence-electron chi connectivity index (χ0n) is 10.1. The van der Waals surface area contributed by atoms with Crippen molar-refractivity contribution in [2.75, 3.05) is 13.6 Å². The van der Waals surface area contributed by atoms with Crippen LogP contribution in [-0.2, 0) is 0 Å². The third-order valence-corrected chi connectivity index (χ3v) is 2.76. The molecule has 0 amide bonds. The van der Waals surface area contributed by atoms with Gasteiger partial charge < -0.3 is 15.5 Å². The Labute approximate surface area is 92.0 Å². The Morgan fingerprint density at radius 2 is 2.13 bits per heavy atom. The van der Waals surface area contributed by atoms with Crippen molar-refractivity contribution in [3.8, 4) is 0 Å². The molecule has 0 saturated carbocycles. The first kappa shape index (κ1) is 12.3. The molecule has 0 radical (unpaired) electrons. The van der Waals surface area contributed by atoms with Crippen LogP contribution in [-0.4, -0.2) is 13.6 Å². The summed E-state index contributed by atoms with van der Waals surface area (Å²) in [6.07, 6.45) is 0.979. The Bertz CT molecular complexity index is 304. The van der Waals surface area contributed by atoms with E-state index < -0.39 is 0 Å². The van der Waals surface area contributed by atoms with Crippen molar-refractivity contribution in [3.05, 3.63) is 23.7 Å². The molecule has 0 aliphatic carbocycles. The Kier molecular flexibility index (Phi) is 3.94. The van der Waals surface area contributed by atoms with Crippen molar-refractivity contribution in [3.63, 3.8) is 0 Å². The highest BCUT2D eigenvalue weighted by Crippen LogP contribution is 2.29. The van der Waals surface area contributed by atoms with Crippen LogP contribution in [0.4, 0.5) is 0 Å². The van der Waals surface area contributed by atoms with Gasteiger partial charge in [-0.25, -0.2) is 0 Å². The Morgan fingerprint density at radius 3 is 2.53 bits per heavy atom. The lowest BCUT2D eigenvalue weighted by atomic mass is 9.85. The molecule has 1 aromatic heterocycles. The van der Waals surface area contributed by atoms with Gasteiger partial charge >= 0.3 is 0 Å². The largest absolute Gasteiger partial charge is 0.465 e. The lowest BCUT2D eigenvalue weighted by Gasteiger charge is -2.27. The number of furan rings is 1. The van der Waals surface area contributed by atoms with Crippen LogP contribution in [0.25, 0.3) is 0 Å². The molecule has 0 bridgehead atoms. The molecule has 1 unspecified atom stereocenters. The van der Waals surface area contributed by atoms with Gasteiger partial charge in [-0.3, -0.25) is 0 Å². The minimum Gasteiger partial charge on any atom is -0.465 e. The molecule has 3 heteroatoms. The van der Waals surface area contributed by atoms with E-state index in [0.717, 1.165) is 17.9 Å². The quantitative estimate of drug-likeness (QED) is 0.783. The van der Waals surface area contributed by atoms with Crippen molar-refractivity contribution >= 4 is 0 Å². The normalized spacial score (nSPS) is 14.2. The van der Waals surface area contributed by atoms with E-state index in [1.165, 1.54) is 0 Å². The van der Waals surface area contributed by atoms with E-state index in [4.69, 9.17) is 10.2 Å². The maximum Gasteiger partial charge on any atom is 0.121 e. The van der Waals surface area contributed by atoms with Crippen LogP contribution in [0.2, 0.25) is 0 Å². The van der Waals surface area contributed by atoms with E-state index in [-0.39, 0.29) is 11.5 Å². The average Bonchev–Trinajstić information content (AvgIpc) is 2.61. The number of hydrogen-bond acceptors (Lipinski definition) is 3. The monoisotopic (exact) mass is 210 g/mol.